The Balaban J connectivity index is 1.60. The second-order valence-corrected chi connectivity index (χ2v) is 6.67. The number of ether oxygens (including phenoxy) is 1. The van der Waals surface area contributed by atoms with Crippen molar-refractivity contribution in [2.24, 2.45) is 5.92 Å². The van der Waals surface area contributed by atoms with Crippen LogP contribution in [0.4, 0.5) is 0 Å². The van der Waals surface area contributed by atoms with E-state index in [1.165, 1.54) is 0 Å². The number of Topliss-reactive ketones (excluding diaryl/α,β-unsaturated/α-hetero) is 1. The maximum Gasteiger partial charge on any atom is 0.166 e. The standard InChI is InChI=1S/C20H22ClNO2/c1-24-19-8-7-18(21)13-17(19)14-22-11-9-16(10-12-22)20(23)15-5-3-2-4-6-15/h2-8,13,16H,9-12,14H2,1H3. The van der Waals surface area contributed by atoms with E-state index in [-0.39, 0.29) is 11.7 Å². The fraction of sp³-hybridized carbons (Fsp3) is 0.350. The van der Waals surface area contributed by atoms with Gasteiger partial charge < -0.3 is 4.74 Å². The topological polar surface area (TPSA) is 29.5 Å². The number of likely N-dealkylation sites (tertiary alicyclic amines) is 1. The number of nitrogens with zero attached hydrogens (tertiary/aromatic N) is 1. The largest absolute Gasteiger partial charge is 0.496 e. The lowest BCUT2D eigenvalue weighted by molar-refractivity contribution is 0.0834. The molecule has 0 aliphatic carbocycles. The first-order chi connectivity index (χ1) is 11.7. The molecule has 0 radical (unpaired) electrons. The molecule has 4 heteroatoms. The molecule has 2 aromatic carbocycles. The lowest BCUT2D eigenvalue weighted by Gasteiger charge is -2.31. The summed E-state index contributed by atoms with van der Waals surface area (Å²) < 4.78 is 5.42. The molecule has 0 aromatic heterocycles. The van der Waals surface area contributed by atoms with E-state index >= 15 is 0 Å². The average Bonchev–Trinajstić information content (AvgIpc) is 2.63. The van der Waals surface area contributed by atoms with Crippen LogP contribution in [0, 0.1) is 5.92 Å². The molecule has 0 bridgehead atoms. The number of halogens is 1. The number of carbonyl (C=O) groups excluding carboxylic acids is 1. The van der Waals surface area contributed by atoms with Gasteiger partial charge in [0, 0.05) is 28.6 Å². The maximum absolute atomic E-state index is 12.6. The minimum Gasteiger partial charge on any atom is -0.496 e. The summed E-state index contributed by atoms with van der Waals surface area (Å²) in [6.45, 7) is 2.63. The van der Waals surface area contributed by atoms with Gasteiger partial charge >= 0.3 is 0 Å². The normalized spacial score (nSPS) is 16.1. The Hall–Kier alpha value is -1.84. The van der Waals surface area contributed by atoms with Crippen LogP contribution >= 0.6 is 11.6 Å². The van der Waals surface area contributed by atoms with E-state index < -0.39 is 0 Å². The monoisotopic (exact) mass is 343 g/mol. The van der Waals surface area contributed by atoms with Gasteiger partial charge in [-0.25, -0.2) is 0 Å². The Kier molecular flexibility index (Phi) is 5.54. The van der Waals surface area contributed by atoms with Crippen LogP contribution in [-0.4, -0.2) is 30.9 Å². The summed E-state index contributed by atoms with van der Waals surface area (Å²) in [5, 5.41) is 0.722. The highest BCUT2D eigenvalue weighted by Gasteiger charge is 2.26. The molecular formula is C20H22ClNO2. The molecule has 0 spiro atoms. The summed E-state index contributed by atoms with van der Waals surface area (Å²) in [6, 6.07) is 15.3. The quantitative estimate of drug-likeness (QED) is 0.751. The van der Waals surface area contributed by atoms with E-state index in [4.69, 9.17) is 16.3 Å². The minimum absolute atomic E-state index is 0.130. The molecule has 1 aliphatic heterocycles. The summed E-state index contributed by atoms with van der Waals surface area (Å²) in [5.41, 5.74) is 1.92. The van der Waals surface area contributed by atoms with Gasteiger partial charge in [0.05, 0.1) is 7.11 Å². The first-order valence-corrected chi connectivity index (χ1v) is 8.69. The van der Waals surface area contributed by atoms with Crippen molar-refractivity contribution < 1.29 is 9.53 Å². The number of piperidine rings is 1. The van der Waals surface area contributed by atoms with Gasteiger partial charge in [-0.1, -0.05) is 41.9 Å². The fourth-order valence-corrected chi connectivity index (χ4v) is 3.50. The highest BCUT2D eigenvalue weighted by molar-refractivity contribution is 6.30. The van der Waals surface area contributed by atoms with Crippen LogP contribution in [0.25, 0.3) is 0 Å². The van der Waals surface area contributed by atoms with Gasteiger partial charge in [-0.05, 0) is 44.1 Å². The molecule has 1 fully saturated rings. The Bertz CT molecular complexity index is 694. The second kappa shape index (κ2) is 7.82. The lowest BCUT2D eigenvalue weighted by atomic mass is 9.89. The summed E-state index contributed by atoms with van der Waals surface area (Å²) in [7, 11) is 1.68. The molecule has 3 rings (SSSR count). The average molecular weight is 344 g/mol. The predicted octanol–water partition coefficient (Wildman–Crippen LogP) is 4.44. The number of benzene rings is 2. The van der Waals surface area contributed by atoms with E-state index in [1.807, 2.05) is 48.5 Å². The highest BCUT2D eigenvalue weighted by atomic mass is 35.5. The van der Waals surface area contributed by atoms with Crippen LogP contribution in [0.2, 0.25) is 5.02 Å². The van der Waals surface area contributed by atoms with Crippen molar-refractivity contribution in [2.75, 3.05) is 20.2 Å². The molecule has 1 heterocycles. The zero-order valence-corrected chi connectivity index (χ0v) is 14.6. The Labute approximate surface area is 148 Å². The second-order valence-electron chi connectivity index (χ2n) is 6.24. The smallest absolute Gasteiger partial charge is 0.166 e. The molecule has 126 valence electrons. The third-order valence-corrected chi connectivity index (χ3v) is 4.89. The Morgan fingerprint density at radius 2 is 1.88 bits per heavy atom. The summed E-state index contributed by atoms with van der Waals surface area (Å²) >= 11 is 6.11. The first kappa shape index (κ1) is 17.0. The zero-order valence-electron chi connectivity index (χ0n) is 13.9. The molecule has 3 nitrogen and oxygen atoms in total. The molecule has 1 saturated heterocycles. The number of hydrogen-bond donors (Lipinski definition) is 0. The number of carbonyl (C=O) groups is 1. The fourth-order valence-electron chi connectivity index (χ4n) is 3.30. The van der Waals surface area contributed by atoms with Crippen molar-refractivity contribution in [3.05, 3.63) is 64.7 Å². The van der Waals surface area contributed by atoms with Crippen molar-refractivity contribution in [1.29, 1.82) is 0 Å². The third-order valence-electron chi connectivity index (χ3n) is 4.65. The Morgan fingerprint density at radius 3 is 2.54 bits per heavy atom. The summed E-state index contributed by atoms with van der Waals surface area (Å²) in [5.74, 6) is 1.27. The molecule has 2 aromatic rings. The summed E-state index contributed by atoms with van der Waals surface area (Å²) in [4.78, 5) is 14.9. The number of rotatable bonds is 5. The van der Waals surface area contributed by atoms with Crippen LogP contribution in [0.1, 0.15) is 28.8 Å². The molecule has 0 amide bonds. The molecule has 0 saturated carbocycles. The van der Waals surface area contributed by atoms with E-state index in [2.05, 4.69) is 4.90 Å². The molecular weight excluding hydrogens is 322 g/mol. The van der Waals surface area contributed by atoms with Crippen molar-refractivity contribution in [2.45, 2.75) is 19.4 Å². The van der Waals surface area contributed by atoms with E-state index in [0.29, 0.717) is 0 Å². The van der Waals surface area contributed by atoms with Gasteiger partial charge in [0.1, 0.15) is 5.75 Å². The van der Waals surface area contributed by atoms with Gasteiger partial charge in [-0.3, -0.25) is 9.69 Å². The zero-order chi connectivity index (χ0) is 16.9. The van der Waals surface area contributed by atoms with Gasteiger partial charge in [-0.15, -0.1) is 0 Å². The highest BCUT2D eigenvalue weighted by Crippen LogP contribution is 2.27. The maximum atomic E-state index is 12.6. The minimum atomic E-state index is 0.130. The number of hydrogen-bond acceptors (Lipinski definition) is 3. The van der Waals surface area contributed by atoms with Crippen LogP contribution in [0.15, 0.2) is 48.5 Å². The predicted molar refractivity (Wildman–Crippen MR) is 96.8 cm³/mol. The van der Waals surface area contributed by atoms with Crippen LogP contribution < -0.4 is 4.74 Å². The molecule has 24 heavy (non-hydrogen) atoms. The van der Waals surface area contributed by atoms with Crippen molar-refractivity contribution in [3.8, 4) is 5.75 Å². The number of methoxy groups -OCH3 is 1. The van der Waals surface area contributed by atoms with E-state index in [0.717, 1.165) is 54.4 Å². The molecule has 1 aliphatic rings. The Morgan fingerprint density at radius 1 is 1.17 bits per heavy atom. The van der Waals surface area contributed by atoms with Gasteiger partial charge in [0.15, 0.2) is 5.78 Å². The van der Waals surface area contributed by atoms with Crippen molar-refractivity contribution in [1.82, 2.24) is 4.90 Å². The van der Waals surface area contributed by atoms with Crippen LogP contribution in [-0.2, 0) is 6.54 Å². The van der Waals surface area contributed by atoms with Gasteiger partial charge in [0.2, 0.25) is 0 Å². The van der Waals surface area contributed by atoms with E-state index in [1.54, 1.807) is 7.11 Å². The van der Waals surface area contributed by atoms with E-state index in [9.17, 15) is 4.79 Å². The number of ketones is 1. The SMILES string of the molecule is COc1ccc(Cl)cc1CN1CCC(C(=O)c2ccccc2)CC1. The van der Waals surface area contributed by atoms with Gasteiger partial charge in [0.25, 0.3) is 0 Å². The first-order valence-electron chi connectivity index (χ1n) is 8.31. The third kappa shape index (κ3) is 3.97. The van der Waals surface area contributed by atoms with Crippen LogP contribution in [0.3, 0.4) is 0 Å². The molecule has 0 atom stereocenters. The van der Waals surface area contributed by atoms with Crippen molar-refractivity contribution >= 4 is 17.4 Å². The van der Waals surface area contributed by atoms with Crippen LogP contribution in [0.5, 0.6) is 5.75 Å². The van der Waals surface area contributed by atoms with Gasteiger partial charge in [-0.2, -0.15) is 0 Å². The molecule has 0 N–H and O–H groups in total. The van der Waals surface area contributed by atoms with Crippen molar-refractivity contribution in [3.63, 3.8) is 0 Å². The summed E-state index contributed by atoms with van der Waals surface area (Å²) in [6.07, 6.45) is 1.80. The molecule has 0 unspecified atom stereocenters. The lowest BCUT2D eigenvalue weighted by Crippen LogP contribution is -2.36.